The molecule has 2 aromatic heterocycles. The van der Waals surface area contributed by atoms with Crippen LogP contribution in [-0.2, 0) is 0 Å². The molecule has 0 spiro atoms. The maximum atomic E-state index is 12.1. The van der Waals surface area contributed by atoms with Crippen molar-refractivity contribution in [3.8, 4) is 10.6 Å². The minimum absolute atomic E-state index is 0.0359. The molecule has 2 N–H and O–H groups in total. The lowest BCUT2D eigenvalue weighted by Gasteiger charge is -2.01. The summed E-state index contributed by atoms with van der Waals surface area (Å²) in [5, 5.41) is 23.5. The van der Waals surface area contributed by atoms with Gasteiger partial charge in [0.05, 0.1) is 21.2 Å². The van der Waals surface area contributed by atoms with E-state index in [1.54, 1.807) is 25.1 Å². The second kappa shape index (κ2) is 7.05. The van der Waals surface area contributed by atoms with Crippen molar-refractivity contribution in [1.82, 2.24) is 15.6 Å². The highest BCUT2D eigenvalue weighted by atomic mass is 32.1. The van der Waals surface area contributed by atoms with Crippen molar-refractivity contribution in [2.24, 2.45) is 5.10 Å². The third-order valence-corrected chi connectivity index (χ3v) is 4.30. The van der Waals surface area contributed by atoms with Crippen molar-refractivity contribution < 1.29 is 9.72 Å². The molecule has 0 radical (unpaired) electrons. The van der Waals surface area contributed by atoms with Gasteiger partial charge >= 0.3 is 0 Å². The average molecular weight is 355 g/mol. The fourth-order valence-corrected chi connectivity index (χ4v) is 2.79. The van der Waals surface area contributed by atoms with E-state index >= 15 is 0 Å². The quantitative estimate of drug-likeness (QED) is 0.415. The first kappa shape index (κ1) is 16.5. The van der Waals surface area contributed by atoms with Crippen LogP contribution in [0, 0.1) is 10.1 Å². The van der Waals surface area contributed by atoms with Crippen molar-refractivity contribution in [2.75, 3.05) is 0 Å². The normalized spacial score (nSPS) is 11.3. The molecule has 0 bridgehead atoms. The summed E-state index contributed by atoms with van der Waals surface area (Å²) < 4.78 is 0. The van der Waals surface area contributed by atoms with Crippen molar-refractivity contribution in [2.45, 2.75) is 6.92 Å². The van der Waals surface area contributed by atoms with Gasteiger partial charge < -0.3 is 0 Å². The van der Waals surface area contributed by atoms with E-state index in [9.17, 15) is 14.9 Å². The summed E-state index contributed by atoms with van der Waals surface area (Å²) in [4.78, 5) is 23.4. The predicted molar refractivity (Wildman–Crippen MR) is 94.7 cm³/mol. The number of nitro groups is 1. The third kappa shape index (κ3) is 3.78. The van der Waals surface area contributed by atoms with Gasteiger partial charge in [-0.15, -0.1) is 11.3 Å². The molecule has 9 heteroatoms. The summed E-state index contributed by atoms with van der Waals surface area (Å²) in [5.41, 5.74) is 4.33. The number of rotatable bonds is 5. The van der Waals surface area contributed by atoms with Gasteiger partial charge in [-0.25, -0.2) is 5.43 Å². The molecule has 0 atom stereocenters. The summed E-state index contributed by atoms with van der Waals surface area (Å²) in [6, 6.07) is 11.5. The zero-order valence-corrected chi connectivity index (χ0v) is 13.9. The van der Waals surface area contributed by atoms with Crippen LogP contribution < -0.4 is 5.43 Å². The number of hydrogen-bond donors (Lipinski definition) is 2. The topological polar surface area (TPSA) is 113 Å². The zero-order valence-electron chi connectivity index (χ0n) is 13.1. The summed E-state index contributed by atoms with van der Waals surface area (Å²) in [7, 11) is 0. The van der Waals surface area contributed by atoms with Gasteiger partial charge in [0.1, 0.15) is 0 Å². The third-order valence-electron chi connectivity index (χ3n) is 3.40. The molecule has 0 unspecified atom stereocenters. The minimum atomic E-state index is -0.481. The first-order chi connectivity index (χ1) is 12.0. The molecule has 0 aliphatic rings. The molecule has 0 saturated carbocycles. The Kier molecular flexibility index (Phi) is 4.66. The van der Waals surface area contributed by atoms with Crippen LogP contribution >= 0.6 is 11.3 Å². The molecular weight excluding hydrogens is 342 g/mol. The standard InChI is InChI=1S/C16H13N5O3S/c1-10(11-4-2-5-12(8-11)21(23)24)17-20-16(22)14-9-13(18-19-14)15-6-3-7-25-15/h2-9H,1H3,(H,18,19)(H,20,22)/b17-10-. The Morgan fingerprint density at radius 3 is 2.88 bits per heavy atom. The van der Waals surface area contributed by atoms with E-state index in [0.717, 1.165) is 10.6 Å². The molecule has 1 amide bonds. The van der Waals surface area contributed by atoms with Gasteiger partial charge in [-0.05, 0) is 24.4 Å². The second-order valence-electron chi connectivity index (χ2n) is 5.09. The van der Waals surface area contributed by atoms with Gasteiger partial charge in [0.25, 0.3) is 11.6 Å². The molecular formula is C16H13N5O3S. The number of nitrogens with one attached hydrogen (secondary N) is 2. The van der Waals surface area contributed by atoms with Gasteiger partial charge in [-0.3, -0.25) is 20.0 Å². The highest BCUT2D eigenvalue weighted by Crippen LogP contribution is 2.22. The Hall–Kier alpha value is -3.33. The Bertz CT molecular complexity index is 946. The number of benzene rings is 1. The molecule has 2 heterocycles. The van der Waals surface area contributed by atoms with Gasteiger partial charge in [0, 0.05) is 17.7 Å². The largest absolute Gasteiger partial charge is 0.291 e. The predicted octanol–water partition coefficient (Wildman–Crippen LogP) is 3.20. The van der Waals surface area contributed by atoms with Crippen LogP contribution in [0.5, 0.6) is 0 Å². The summed E-state index contributed by atoms with van der Waals surface area (Å²) in [6.45, 7) is 1.65. The molecule has 3 aromatic rings. The van der Waals surface area contributed by atoms with E-state index in [-0.39, 0.29) is 11.4 Å². The van der Waals surface area contributed by atoms with Crippen molar-refractivity contribution >= 4 is 28.6 Å². The Labute approximate surface area is 146 Å². The summed E-state index contributed by atoms with van der Waals surface area (Å²) in [5.74, 6) is -0.469. The SMILES string of the molecule is C/C(=N/NC(=O)c1cc(-c2cccs2)[nH]n1)c1cccc([N+](=O)[O-])c1. The number of hydrazone groups is 1. The van der Waals surface area contributed by atoms with E-state index in [1.807, 2.05) is 17.5 Å². The molecule has 25 heavy (non-hydrogen) atoms. The maximum Gasteiger partial charge on any atom is 0.291 e. The lowest BCUT2D eigenvalue weighted by Crippen LogP contribution is -2.19. The molecule has 0 aliphatic heterocycles. The number of aromatic nitrogens is 2. The van der Waals surface area contributed by atoms with Crippen LogP contribution in [0.25, 0.3) is 10.6 Å². The number of non-ortho nitro benzene ring substituents is 1. The van der Waals surface area contributed by atoms with Crippen molar-refractivity contribution in [3.05, 3.63) is 69.2 Å². The number of aromatic amines is 1. The number of hydrogen-bond acceptors (Lipinski definition) is 6. The van der Waals surface area contributed by atoms with Crippen LogP contribution in [0.15, 0.2) is 52.9 Å². The van der Waals surface area contributed by atoms with Gasteiger partial charge in [0.2, 0.25) is 0 Å². The number of nitrogens with zero attached hydrogens (tertiary/aromatic N) is 3. The number of nitro benzene ring substituents is 1. The van der Waals surface area contributed by atoms with Gasteiger partial charge in [0.15, 0.2) is 5.69 Å². The van der Waals surface area contributed by atoms with E-state index in [4.69, 9.17) is 0 Å². The number of carbonyl (C=O) groups excluding carboxylic acids is 1. The van der Waals surface area contributed by atoms with Crippen LogP contribution in [0.1, 0.15) is 23.0 Å². The molecule has 0 fully saturated rings. The van der Waals surface area contributed by atoms with Gasteiger partial charge in [-0.2, -0.15) is 10.2 Å². The van der Waals surface area contributed by atoms with Crippen molar-refractivity contribution in [3.63, 3.8) is 0 Å². The van der Waals surface area contributed by atoms with Gasteiger partial charge in [-0.1, -0.05) is 18.2 Å². The minimum Gasteiger partial charge on any atom is -0.276 e. The fraction of sp³-hybridized carbons (Fsp3) is 0.0625. The van der Waals surface area contributed by atoms with Crippen LogP contribution in [0.2, 0.25) is 0 Å². The van der Waals surface area contributed by atoms with Crippen LogP contribution in [0.3, 0.4) is 0 Å². The van der Waals surface area contributed by atoms with Crippen LogP contribution in [-0.4, -0.2) is 26.7 Å². The lowest BCUT2D eigenvalue weighted by molar-refractivity contribution is -0.384. The molecule has 126 valence electrons. The van der Waals surface area contributed by atoms with E-state index in [1.165, 1.54) is 23.5 Å². The Balaban J connectivity index is 1.72. The summed E-state index contributed by atoms with van der Waals surface area (Å²) in [6.07, 6.45) is 0. The second-order valence-corrected chi connectivity index (χ2v) is 6.04. The van der Waals surface area contributed by atoms with Crippen molar-refractivity contribution in [1.29, 1.82) is 0 Å². The fourth-order valence-electron chi connectivity index (χ4n) is 2.10. The monoisotopic (exact) mass is 355 g/mol. The molecule has 0 saturated heterocycles. The molecule has 0 aliphatic carbocycles. The van der Waals surface area contributed by atoms with Crippen LogP contribution in [0.4, 0.5) is 5.69 Å². The first-order valence-electron chi connectivity index (χ1n) is 7.23. The average Bonchev–Trinajstić information content (AvgIpc) is 3.30. The van der Waals surface area contributed by atoms with E-state index in [0.29, 0.717) is 11.3 Å². The Morgan fingerprint density at radius 1 is 1.32 bits per heavy atom. The number of amides is 1. The highest BCUT2D eigenvalue weighted by Gasteiger charge is 2.12. The number of thiophene rings is 1. The first-order valence-corrected chi connectivity index (χ1v) is 8.11. The smallest absolute Gasteiger partial charge is 0.276 e. The number of H-pyrrole nitrogens is 1. The number of carbonyl (C=O) groups is 1. The molecule has 8 nitrogen and oxygen atoms in total. The molecule has 3 rings (SSSR count). The van der Waals surface area contributed by atoms with E-state index in [2.05, 4.69) is 20.7 Å². The highest BCUT2D eigenvalue weighted by molar-refractivity contribution is 7.13. The summed E-state index contributed by atoms with van der Waals surface area (Å²) >= 11 is 1.53. The van der Waals surface area contributed by atoms with E-state index < -0.39 is 10.8 Å². The zero-order chi connectivity index (χ0) is 17.8. The Morgan fingerprint density at radius 2 is 2.16 bits per heavy atom. The molecule has 1 aromatic carbocycles. The maximum absolute atomic E-state index is 12.1. The lowest BCUT2D eigenvalue weighted by atomic mass is 10.1.